The van der Waals surface area contributed by atoms with Crippen LogP contribution in [0.25, 0.3) is 50.9 Å². The number of aromatic nitrogens is 6. The van der Waals surface area contributed by atoms with Gasteiger partial charge in [0.05, 0.1) is 60.6 Å². The number of nitrogens with one attached hydrogen (secondary N) is 1. The van der Waals surface area contributed by atoms with E-state index in [0.29, 0.717) is 97.1 Å². The maximum Gasteiger partial charge on any atom is 0.237 e. The molecule has 564 valence electrons. The van der Waals surface area contributed by atoms with E-state index in [0.717, 1.165) is 162 Å². The fourth-order valence-corrected chi connectivity index (χ4v) is 14.9. The molecule has 0 atom stereocenters. The van der Waals surface area contributed by atoms with E-state index in [2.05, 4.69) is 124 Å². The van der Waals surface area contributed by atoms with Gasteiger partial charge in [0, 0.05) is 116 Å². The summed E-state index contributed by atoms with van der Waals surface area (Å²) in [6.45, 7) is 23.5. The van der Waals surface area contributed by atoms with Gasteiger partial charge in [-0.2, -0.15) is 0 Å². The zero-order chi connectivity index (χ0) is 74.5. The number of benzene rings is 6. The third-order valence-electron chi connectivity index (χ3n) is 20.6. The van der Waals surface area contributed by atoms with Crippen LogP contribution in [0.4, 0.5) is 0 Å². The molecule has 0 bridgehead atoms. The Kier molecular flexibility index (Phi) is 24.3. The van der Waals surface area contributed by atoms with Crippen LogP contribution in [0.15, 0.2) is 127 Å². The monoisotopic (exact) mass is 1480 g/mol. The van der Waals surface area contributed by atoms with Gasteiger partial charge >= 0.3 is 0 Å². The summed E-state index contributed by atoms with van der Waals surface area (Å²) in [7, 11) is 4.89. The molecule has 6 aromatic carbocycles. The number of piperazine rings is 3. The van der Waals surface area contributed by atoms with Crippen LogP contribution in [0.3, 0.4) is 0 Å². The number of allylic oxidation sites excluding steroid dienone is 3. The molecule has 4 aliphatic heterocycles. The molecular weight excluding hydrogens is 1390 g/mol. The van der Waals surface area contributed by atoms with E-state index >= 15 is 0 Å². The number of hydrogen-bond donors (Lipinski definition) is 1. The van der Waals surface area contributed by atoms with E-state index in [1.54, 1.807) is 26.2 Å². The fourth-order valence-electron chi connectivity index (χ4n) is 14.7. The Morgan fingerprint density at radius 2 is 0.759 bits per heavy atom. The third kappa shape index (κ3) is 18.5. The molecule has 4 saturated heterocycles. The molecule has 108 heavy (non-hydrogen) atoms. The van der Waals surface area contributed by atoms with Gasteiger partial charge in [-0.25, -0.2) is 29.9 Å². The van der Waals surface area contributed by atoms with E-state index in [-0.39, 0.29) is 17.7 Å². The van der Waals surface area contributed by atoms with Gasteiger partial charge in [-0.05, 0) is 154 Å². The third-order valence-corrected chi connectivity index (χ3v) is 20.8. The minimum Gasteiger partial charge on any atom is -0.493 e. The van der Waals surface area contributed by atoms with Gasteiger partial charge in [-0.3, -0.25) is 29.2 Å². The van der Waals surface area contributed by atoms with Gasteiger partial charge in [0.1, 0.15) is 61.9 Å². The van der Waals surface area contributed by atoms with Crippen LogP contribution in [0.1, 0.15) is 67.0 Å². The van der Waals surface area contributed by atoms with Crippen molar-refractivity contribution in [2.75, 3.05) is 165 Å². The second-order valence-electron chi connectivity index (χ2n) is 28.2. The summed E-state index contributed by atoms with van der Waals surface area (Å²) < 4.78 is 53.7. The smallest absolute Gasteiger partial charge is 0.237 e. The highest BCUT2D eigenvalue weighted by Crippen LogP contribution is 2.41. The first kappa shape index (κ1) is 74.6. The number of methoxy groups -OCH3 is 3. The lowest BCUT2D eigenvalue weighted by atomic mass is 10.1. The number of alkyl halides is 1. The van der Waals surface area contributed by atoms with E-state index in [4.69, 9.17) is 54.2 Å². The highest BCUT2D eigenvalue weighted by atomic mass is 35.5. The Bertz CT molecular complexity index is 4820. The zero-order valence-electron chi connectivity index (χ0n) is 62.5. The average molecular weight is 1490 g/mol. The summed E-state index contributed by atoms with van der Waals surface area (Å²) in [5, 5.41) is 5.65. The largest absolute Gasteiger partial charge is 0.493 e. The molecule has 25 heteroatoms. The number of fused-ring (bicyclic) bond motifs is 6. The van der Waals surface area contributed by atoms with E-state index in [9.17, 15) is 9.59 Å². The van der Waals surface area contributed by atoms with Crippen LogP contribution in [0.2, 0.25) is 0 Å². The lowest BCUT2D eigenvalue weighted by Crippen LogP contribution is -2.51. The number of likely N-dealkylation sites (tertiary alicyclic amines) is 1. The van der Waals surface area contributed by atoms with E-state index in [1.165, 1.54) is 81.9 Å². The maximum absolute atomic E-state index is 12.6. The molecule has 0 radical (unpaired) electrons. The van der Waals surface area contributed by atoms with Crippen molar-refractivity contribution in [3.63, 3.8) is 0 Å². The molecular formula is C83H94ClN13O11. The van der Waals surface area contributed by atoms with Crippen LogP contribution in [-0.2, 0) is 28.9 Å². The Morgan fingerprint density at radius 3 is 1.11 bits per heavy atom. The number of carbonyl (C=O) groups excluding carboxylic acids is 2. The molecule has 3 aromatic heterocycles. The van der Waals surface area contributed by atoms with Crippen molar-refractivity contribution in [3.8, 4) is 69.4 Å². The van der Waals surface area contributed by atoms with Gasteiger partial charge < -0.3 is 57.7 Å². The van der Waals surface area contributed by atoms with Gasteiger partial charge in [-0.1, -0.05) is 53.1 Å². The van der Waals surface area contributed by atoms with Crippen molar-refractivity contribution in [3.05, 3.63) is 160 Å². The fraction of sp³-hybridized carbons (Fsp3) is 0.398. The topological polar surface area (TPSA) is 226 Å². The summed E-state index contributed by atoms with van der Waals surface area (Å²) in [6.07, 6.45) is 16.5. The van der Waals surface area contributed by atoms with Gasteiger partial charge in [-0.15, -0.1) is 11.6 Å². The lowest BCUT2D eigenvalue weighted by molar-refractivity contribution is -0.134. The quantitative estimate of drug-likeness (QED) is 0.0555. The molecule has 7 aliphatic rings. The molecule has 16 rings (SSSR count). The van der Waals surface area contributed by atoms with Gasteiger partial charge in [0.2, 0.25) is 29.5 Å². The molecule has 3 aliphatic carbocycles. The number of rotatable bonds is 24. The molecule has 7 heterocycles. The molecule has 24 nitrogen and oxygen atoms in total. The number of amides is 2. The second-order valence-corrected chi connectivity index (χ2v) is 28.5. The second kappa shape index (κ2) is 35.2. The zero-order valence-corrected chi connectivity index (χ0v) is 63.2. The van der Waals surface area contributed by atoms with Crippen molar-refractivity contribution in [1.82, 2.24) is 64.6 Å². The number of nitrogens with zero attached hydrogens (tertiary/aromatic N) is 12. The SMILES string of the molecule is COc1cc2c(Oc3ccc4c(c3)C=C(C)C4)ncnc2cc1OCCN1CCN(C(=O)CCl)CC1.COc1cc2c(Oc3ccc4c(c3)C=C(C)C4)ncnc2cc1OCCN1CCN(C(=O)CN2CCCC2)CC1.COc1cc2c(Oc3ccc4c(c3)C=C(C)C4)ncnc2cc1OCCN1CCNCC1. The summed E-state index contributed by atoms with van der Waals surface area (Å²) in [5.41, 5.74) is 13.8. The Morgan fingerprint density at radius 1 is 0.407 bits per heavy atom. The molecule has 1 N–H and O–H groups in total. The molecule has 0 unspecified atom stereocenters. The summed E-state index contributed by atoms with van der Waals surface area (Å²) >= 11 is 5.66. The number of ether oxygens (including phenoxy) is 9. The summed E-state index contributed by atoms with van der Waals surface area (Å²) in [4.78, 5) is 63.9. The predicted molar refractivity (Wildman–Crippen MR) is 418 cm³/mol. The van der Waals surface area contributed by atoms with Gasteiger partial charge in [0.15, 0.2) is 34.5 Å². The molecule has 0 spiro atoms. The van der Waals surface area contributed by atoms with Crippen LogP contribution >= 0.6 is 11.6 Å². The Hall–Kier alpha value is -10.2. The van der Waals surface area contributed by atoms with Crippen LogP contribution < -0.4 is 47.9 Å². The first-order valence-electron chi connectivity index (χ1n) is 37.3. The maximum atomic E-state index is 12.6. The Balaban J connectivity index is 0.000000136. The predicted octanol–water partition coefficient (Wildman–Crippen LogP) is 11.8. The summed E-state index contributed by atoms with van der Waals surface area (Å²) in [5.74, 6) is 7.71. The van der Waals surface area contributed by atoms with Crippen LogP contribution in [-0.4, -0.2) is 236 Å². The molecule has 4 fully saturated rings. The van der Waals surface area contributed by atoms with Crippen molar-refractivity contribution in [1.29, 1.82) is 0 Å². The number of halogens is 1. The molecule has 9 aromatic rings. The van der Waals surface area contributed by atoms with E-state index < -0.39 is 0 Å². The van der Waals surface area contributed by atoms with Crippen LogP contribution in [0.5, 0.6) is 69.4 Å². The molecule has 2 amide bonds. The standard InChI is InChI=1S/C31H37N5O4.C27H29ClN4O4.C25H28N4O3/c1-22-15-23-5-6-25(17-24(23)16-22)40-31-26-18-28(38-2)29(19-27(26)32-21-33-31)39-14-13-34-9-11-36(12-10-34)30(37)20-35-7-3-4-8-35;1-18-11-19-3-4-21(13-20(19)12-18)36-27-22-14-24(34-2)25(15-23(22)29-17-30-27)35-10-9-31-5-7-32(8-6-31)26(33)16-28;1-17-11-18-3-4-20(13-19(18)12-17)32-25-21-14-23(30-2)24(15-22(21)27-16-28-25)31-10-9-29-7-5-26-6-8-29/h5-6,16-19,21H,3-4,7-15,20H2,1-2H3;3-4,12-15,17H,5-11,16H2,1-2H3;3-4,12-16,26H,5-11H2,1-2H3. The number of carbonyl (C=O) groups is 2. The lowest BCUT2D eigenvalue weighted by Gasteiger charge is -2.35. The summed E-state index contributed by atoms with van der Waals surface area (Å²) in [6, 6.07) is 29.7. The highest BCUT2D eigenvalue weighted by Gasteiger charge is 2.27. The minimum atomic E-state index is -0.0121. The van der Waals surface area contributed by atoms with Gasteiger partial charge in [0.25, 0.3) is 0 Å². The molecule has 0 saturated carbocycles. The van der Waals surface area contributed by atoms with Crippen LogP contribution in [0, 0.1) is 0 Å². The highest BCUT2D eigenvalue weighted by molar-refractivity contribution is 6.27. The van der Waals surface area contributed by atoms with Crippen molar-refractivity contribution >= 4 is 74.4 Å². The number of hydrogen-bond acceptors (Lipinski definition) is 22. The average Bonchev–Trinajstić information content (AvgIpc) is 0.868. The first-order chi connectivity index (χ1) is 52.8. The minimum absolute atomic E-state index is 0.0121. The first-order valence-corrected chi connectivity index (χ1v) is 37.8. The Labute approximate surface area is 635 Å². The normalized spacial score (nSPS) is 16.5. The van der Waals surface area contributed by atoms with Crippen molar-refractivity contribution in [2.24, 2.45) is 0 Å². The van der Waals surface area contributed by atoms with E-state index in [1.807, 2.05) is 65.6 Å². The van der Waals surface area contributed by atoms with Crippen molar-refractivity contribution < 1.29 is 52.2 Å². The van der Waals surface area contributed by atoms with Crippen molar-refractivity contribution in [2.45, 2.75) is 52.9 Å².